The van der Waals surface area contributed by atoms with Gasteiger partial charge in [0, 0.05) is 0 Å². The van der Waals surface area contributed by atoms with Crippen LogP contribution in [0.2, 0.25) is 0 Å². The molecule has 0 aliphatic rings. The third-order valence-corrected chi connectivity index (χ3v) is 9.50. The summed E-state index contributed by atoms with van der Waals surface area (Å²) in [5.74, 6) is 0.170. The number of hydrogen-bond acceptors (Lipinski definition) is 1. The van der Waals surface area contributed by atoms with E-state index >= 15 is 0 Å². The van der Waals surface area contributed by atoms with Crippen molar-refractivity contribution in [3.8, 4) is 0 Å². The van der Waals surface area contributed by atoms with Crippen LogP contribution in [0.3, 0.4) is 0 Å². The third-order valence-electron chi connectivity index (χ3n) is 4.71. The van der Waals surface area contributed by atoms with Crippen molar-refractivity contribution in [3.63, 3.8) is 0 Å². The molecule has 0 aliphatic heterocycles. The molecule has 0 fully saturated rings. The number of carbonyl (C=O) groups excluding carboxylic acids is 1. The summed E-state index contributed by atoms with van der Waals surface area (Å²) in [5, 5.41) is 3.80. The summed E-state index contributed by atoms with van der Waals surface area (Å²) in [6, 6.07) is 31.6. The van der Waals surface area contributed by atoms with E-state index in [1.165, 1.54) is 15.9 Å². The van der Waals surface area contributed by atoms with Crippen LogP contribution in [0.1, 0.15) is 0 Å². The molecule has 3 heteroatoms. The minimum atomic E-state index is -2.44. The number of hydrogen-bond donors (Lipinski definition) is 0. The second-order valence-electron chi connectivity index (χ2n) is 6.47. The summed E-state index contributed by atoms with van der Waals surface area (Å²) in [5.41, 5.74) is 0. The molecule has 128 valence electrons. The first-order valence-corrected chi connectivity index (χ1v) is 10.7. The van der Waals surface area contributed by atoms with Gasteiger partial charge in [-0.1, -0.05) is 0 Å². The predicted molar refractivity (Wildman–Crippen MR) is 110 cm³/mol. The van der Waals surface area contributed by atoms with Gasteiger partial charge in [-0.2, -0.15) is 0 Å². The SMILES string of the molecule is CN(C)C(=O)C[PH](c1ccccc1)(c1ccccc1)c1ccccc1. The number of amides is 1. The standard InChI is InChI=1S/C22H24NOP/c1-23(2)22(24)18-25(19-12-6-3-7-13-19,20-14-8-4-9-15-20)21-16-10-5-11-17-21/h3-17,25H,18H2,1-2H3. The first kappa shape index (κ1) is 17.4. The fourth-order valence-corrected chi connectivity index (χ4v) is 8.03. The maximum absolute atomic E-state index is 12.8. The molecule has 0 saturated heterocycles. The molecule has 3 aromatic rings. The third kappa shape index (κ3) is 3.50. The second-order valence-corrected chi connectivity index (χ2v) is 10.4. The Morgan fingerprint density at radius 2 is 1.00 bits per heavy atom. The maximum atomic E-state index is 12.8. The van der Waals surface area contributed by atoms with E-state index in [4.69, 9.17) is 0 Å². The summed E-state index contributed by atoms with van der Waals surface area (Å²) in [4.78, 5) is 14.5. The van der Waals surface area contributed by atoms with E-state index in [0.29, 0.717) is 6.16 Å². The number of nitrogens with zero attached hydrogens (tertiary/aromatic N) is 1. The topological polar surface area (TPSA) is 20.3 Å². The van der Waals surface area contributed by atoms with E-state index in [9.17, 15) is 4.79 Å². The summed E-state index contributed by atoms with van der Waals surface area (Å²) in [6.45, 7) is 0. The monoisotopic (exact) mass is 349 g/mol. The van der Waals surface area contributed by atoms with Crippen molar-refractivity contribution in [2.45, 2.75) is 0 Å². The van der Waals surface area contributed by atoms with Crippen LogP contribution >= 0.6 is 7.26 Å². The Morgan fingerprint density at radius 3 is 1.28 bits per heavy atom. The molecule has 2 nitrogen and oxygen atoms in total. The molecule has 0 radical (unpaired) electrons. The average molecular weight is 349 g/mol. The summed E-state index contributed by atoms with van der Waals surface area (Å²) >= 11 is 0. The fraction of sp³-hybridized carbons (Fsp3) is 0.136. The van der Waals surface area contributed by atoms with Gasteiger partial charge < -0.3 is 0 Å². The van der Waals surface area contributed by atoms with Crippen LogP contribution in [-0.2, 0) is 4.79 Å². The van der Waals surface area contributed by atoms with Gasteiger partial charge >= 0.3 is 150 Å². The van der Waals surface area contributed by atoms with Gasteiger partial charge in [-0.3, -0.25) is 0 Å². The normalized spacial score (nSPS) is 11.8. The average Bonchev–Trinajstić information content (AvgIpc) is 2.68. The van der Waals surface area contributed by atoms with Crippen molar-refractivity contribution in [2.75, 3.05) is 20.3 Å². The summed E-state index contributed by atoms with van der Waals surface area (Å²) < 4.78 is 0. The van der Waals surface area contributed by atoms with Gasteiger partial charge in [0.1, 0.15) is 0 Å². The van der Waals surface area contributed by atoms with Crippen molar-refractivity contribution in [2.24, 2.45) is 0 Å². The second kappa shape index (κ2) is 7.63. The first-order valence-electron chi connectivity index (χ1n) is 8.51. The van der Waals surface area contributed by atoms with Gasteiger partial charge in [0.05, 0.1) is 0 Å². The molecule has 0 N–H and O–H groups in total. The van der Waals surface area contributed by atoms with Crippen molar-refractivity contribution in [1.29, 1.82) is 0 Å². The summed E-state index contributed by atoms with van der Waals surface area (Å²) in [6.07, 6.45) is 0.526. The molecule has 0 aliphatic carbocycles. The Labute approximate surface area is 150 Å². The molecule has 0 atom stereocenters. The van der Waals surface area contributed by atoms with Crippen molar-refractivity contribution < 1.29 is 4.79 Å². The molecular weight excluding hydrogens is 325 g/mol. The van der Waals surface area contributed by atoms with Crippen LogP contribution in [0.4, 0.5) is 0 Å². The Bertz CT molecular complexity index is 720. The van der Waals surface area contributed by atoms with E-state index in [1.54, 1.807) is 4.90 Å². The number of rotatable bonds is 5. The Balaban J connectivity index is 2.29. The molecule has 1 amide bonds. The minimum absolute atomic E-state index is 0.170. The van der Waals surface area contributed by atoms with Crippen molar-refractivity contribution >= 4 is 29.1 Å². The molecule has 0 bridgehead atoms. The fourth-order valence-electron chi connectivity index (χ4n) is 3.36. The van der Waals surface area contributed by atoms with Gasteiger partial charge in [0.15, 0.2) is 0 Å². The molecule has 0 aromatic heterocycles. The summed E-state index contributed by atoms with van der Waals surface area (Å²) in [7, 11) is 1.23. The molecule has 3 rings (SSSR count). The predicted octanol–water partition coefficient (Wildman–Crippen LogP) is 2.80. The van der Waals surface area contributed by atoms with Gasteiger partial charge in [-0.05, 0) is 0 Å². The molecule has 3 aromatic carbocycles. The van der Waals surface area contributed by atoms with Gasteiger partial charge in [-0.25, -0.2) is 0 Å². The van der Waals surface area contributed by atoms with Crippen LogP contribution < -0.4 is 15.9 Å². The molecular formula is C22H24NOP. The van der Waals surface area contributed by atoms with E-state index in [0.717, 1.165) is 0 Å². The van der Waals surface area contributed by atoms with Crippen LogP contribution in [0.15, 0.2) is 91.0 Å². The zero-order valence-corrected chi connectivity index (χ0v) is 15.7. The zero-order valence-electron chi connectivity index (χ0n) is 14.7. The Morgan fingerprint density at radius 1 is 0.680 bits per heavy atom. The van der Waals surface area contributed by atoms with E-state index < -0.39 is 7.26 Å². The molecule has 0 saturated carbocycles. The van der Waals surface area contributed by atoms with Gasteiger partial charge in [0.25, 0.3) is 0 Å². The van der Waals surface area contributed by atoms with Crippen LogP contribution in [-0.4, -0.2) is 31.1 Å². The molecule has 0 heterocycles. The van der Waals surface area contributed by atoms with E-state index in [1.807, 2.05) is 32.3 Å². The molecule has 0 spiro atoms. The van der Waals surface area contributed by atoms with Gasteiger partial charge in [-0.15, -0.1) is 0 Å². The van der Waals surface area contributed by atoms with E-state index in [-0.39, 0.29) is 5.91 Å². The van der Waals surface area contributed by atoms with Crippen LogP contribution in [0.25, 0.3) is 0 Å². The van der Waals surface area contributed by atoms with Gasteiger partial charge in [0.2, 0.25) is 0 Å². The molecule has 25 heavy (non-hydrogen) atoms. The van der Waals surface area contributed by atoms with E-state index in [2.05, 4.69) is 72.8 Å². The first-order chi connectivity index (χ1) is 12.1. The Kier molecular flexibility index (Phi) is 5.31. The number of carbonyl (C=O) groups is 1. The van der Waals surface area contributed by atoms with Crippen LogP contribution in [0.5, 0.6) is 0 Å². The zero-order chi connectivity index (χ0) is 17.7. The van der Waals surface area contributed by atoms with Crippen molar-refractivity contribution in [1.82, 2.24) is 4.90 Å². The van der Waals surface area contributed by atoms with Crippen molar-refractivity contribution in [3.05, 3.63) is 91.0 Å². The molecule has 0 unspecified atom stereocenters. The van der Waals surface area contributed by atoms with Crippen LogP contribution in [0, 0.1) is 0 Å². The quantitative estimate of drug-likeness (QED) is 0.649. The Hall–Kier alpha value is -2.44. The number of benzene rings is 3.